The Labute approximate surface area is 71.5 Å². The lowest BCUT2D eigenvalue weighted by Gasteiger charge is -2.22. The molecule has 1 unspecified atom stereocenters. The molecule has 2 aliphatic carbocycles. The van der Waals surface area contributed by atoms with Crippen LogP contribution in [0.25, 0.3) is 0 Å². The second kappa shape index (κ2) is 3.29. The first-order valence-corrected chi connectivity index (χ1v) is 4.79. The SMILES string of the molecule is FC(F)CNC1CCC[C@@H]2C[C@H]12. The van der Waals surface area contributed by atoms with Crippen LogP contribution in [0.1, 0.15) is 25.7 Å². The second-order valence-electron chi connectivity index (χ2n) is 4.00. The maximum absolute atomic E-state index is 11.9. The highest BCUT2D eigenvalue weighted by molar-refractivity contribution is 4.98. The fourth-order valence-corrected chi connectivity index (χ4v) is 2.40. The van der Waals surface area contributed by atoms with E-state index in [9.17, 15) is 8.78 Å². The number of alkyl halides is 2. The van der Waals surface area contributed by atoms with Gasteiger partial charge in [-0.25, -0.2) is 8.78 Å². The molecule has 2 fully saturated rings. The van der Waals surface area contributed by atoms with Crippen molar-refractivity contribution >= 4 is 0 Å². The Kier molecular flexibility index (Phi) is 2.31. The van der Waals surface area contributed by atoms with E-state index in [1.54, 1.807) is 0 Å². The fraction of sp³-hybridized carbons (Fsp3) is 1.00. The predicted molar refractivity (Wildman–Crippen MR) is 43.2 cm³/mol. The molecule has 0 bridgehead atoms. The Morgan fingerprint density at radius 3 is 2.92 bits per heavy atom. The number of hydrogen-bond acceptors (Lipinski definition) is 1. The first kappa shape index (κ1) is 8.42. The van der Waals surface area contributed by atoms with Gasteiger partial charge in [-0.15, -0.1) is 0 Å². The van der Waals surface area contributed by atoms with E-state index in [1.807, 2.05) is 0 Å². The third kappa shape index (κ3) is 1.76. The van der Waals surface area contributed by atoms with Gasteiger partial charge in [-0.05, 0) is 24.7 Å². The van der Waals surface area contributed by atoms with Gasteiger partial charge in [0, 0.05) is 6.04 Å². The number of nitrogens with one attached hydrogen (secondary N) is 1. The van der Waals surface area contributed by atoms with Crippen LogP contribution < -0.4 is 5.32 Å². The van der Waals surface area contributed by atoms with Gasteiger partial charge in [0.2, 0.25) is 0 Å². The van der Waals surface area contributed by atoms with E-state index >= 15 is 0 Å². The monoisotopic (exact) mass is 175 g/mol. The van der Waals surface area contributed by atoms with E-state index in [0.717, 1.165) is 18.3 Å². The molecule has 0 spiro atoms. The summed E-state index contributed by atoms with van der Waals surface area (Å²) in [4.78, 5) is 0. The van der Waals surface area contributed by atoms with Gasteiger partial charge in [-0.1, -0.05) is 12.8 Å². The summed E-state index contributed by atoms with van der Waals surface area (Å²) in [6, 6.07) is 0.401. The standard InChI is InChI=1S/C9H15F2N/c10-9(11)5-12-8-3-1-2-6-4-7(6)8/h6-9,12H,1-5H2/t6-,7+,8?/m1/s1. The summed E-state index contributed by atoms with van der Waals surface area (Å²) in [7, 11) is 0. The first-order chi connectivity index (χ1) is 5.77. The van der Waals surface area contributed by atoms with Crippen LogP contribution in [-0.4, -0.2) is 19.0 Å². The molecule has 0 amide bonds. The van der Waals surface area contributed by atoms with Gasteiger partial charge in [0.1, 0.15) is 0 Å². The van der Waals surface area contributed by atoms with Crippen LogP contribution in [0, 0.1) is 11.8 Å². The molecule has 2 rings (SSSR count). The minimum atomic E-state index is -2.19. The van der Waals surface area contributed by atoms with Crippen LogP contribution in [0.2, 0.25) is 0 Å². The van der Waals surface area contributed by atoms with E-state index < -0.39 is 6.43 Å². The topological polar surface area (TPSA) is 12.0 Å². The largest absolute Gasteiger partial charge is 0.308 e. The lowest BCUT2D eigenvalue weighted by molar-refractivity contribution is 0.136. The highest BCUT2D eigenvalue weighted by Gasteiger charge is 2.44. The molecule has 1 nitrogen and oxygen atoms in total. The van der Waals surface area contributed by atoms with Crippen molar-refractivity contribution in [2.75, 3.05) is 6.54 Å². The van der Waals surface area contributed by atoms with Crippen LogP contribution in [0.5, 0.6) is 0 Å². The Morgan fingerprint density at radius 1 is 1.33 bits per heavy atom. The molecule has 0 aromatic heterocycles. The average Bonchev–Trinajstić information content (AvgIpc) is 2.78. The van der Waals surface area contributed by atoms with Crippen molar-refractivity contribution in [2.24, 2.45) is 11.8 Å². The van der Waals surface area contributed by atoms with Crippen molar-refractivity contribution in [1.82, 2.24) is 5.32 Å². The molecule has 0 heterocycles. The zero-order valence-corrected chi connectivity index (χ0v) is 7.10. The van der Waals surface area contributed by atoms with Gasteiger partial charge in [0.15, 0.2) is 0 Å². The molecule has 70 valence electrons. The van der Waals surface area contributed by atoms with Gasteiger partial charge in [0.25, 0.3) is 6.43 Å². The van der Waals surface area contributed by atoms with Gasteiger partial charge < -0.3 is 5.32 Å². The van der Waals surface area contributed by atoms with Crippen molar-refractivity contribution in [3.63, 3.8) is 0 Å². The molecule has 3 heteroatoms. The Bertz CT molecular complexity index is 161. The molecule has 0 radical (unpaired) electrons. The molecule has 0 aromatic carbocycles. The molecule has 2 saturated carbocycles. The minimum absolute atomic E-state index is 0.117. The van der Waals surface area contributed by atoms with Gasteiger partial charge in [0.05, 0.1) is 6.54 Å². The zero-order valence-electron chi connectivity index (χ0n) is 7.10. The molecular weight excluding hydrogens is 160 g/mol. The lowest BCUT2D eigenvalue weighted by Crippen LogP contribution is -2.36. The van der Waals surface area contributed by atoms with Crippen molar-refractivity contribution in [3.05, 3.63) is 0 Å². The molecule has 3 atom stereocenters. The van der Waals surface area contributed by atoms with Crippen LogP contribution in [0.15, 0.2) is 0 Å². The maximum Gasteiger partial charge on any atom is 0.250 e. The van der Waals surface area contributed by atoms with Gasteiger partial charge in [-0.3, -0.25) is 0 Å². The van der Waals surface area contributed by atoms with Crippen molar-refractivity contribution in [1.29, 1.82) is 0 Å². The number of fused-ring (bicyclic) bond motifs is 1. The quantitative estimate of drug-likeness (QED) is 0.692. The van der Waals surface area contributed by atoms with Crippen LogP contribution >= 0.6 is 0 Å². The summed E-state index contributed by atoms with van der Waals surface area (Å²) in [6.07, 6.45) is 2.75. The third-order valence-corrected chi connectivity index (χ3v) is 3.12. The molecule has 0 aliphatic heterocycles. The molecule has 1 N–H and O–H groups in total. The zero-order chi connectivity index (χ0) is 8.55. The van der Waals surface area contributed by atoms with E-state index in [4.69, 9.17) is 0 Å². The fourth-order valence-electron chi connectivity index (χ4n) is 2.40. The van der Waals surface area contributed by atoms with Crippen molar-refractivity contribution in [3.8, 4) is 0 Å². The minimum Gasteiger partial charge on any atom is -0.308 e. The highest BCUT2D eigenvalue weighted by Crippen LogP contribution is 2.49. The lowest BCUT2D eigenvalue weighted by atomic mass is 9.95. The summed E-state index contributed by atoms with van der Waals surface area (Å²) < 4.78 is 23.7. The summed E-state index contributed by atoms with van der Waals surface area (Å²) >= 11 is 0. The molecule has 0 saturated heterocycles. The summed E-state index contributed by atoms with van der Waals surface area (Å²) in [5.74, 6) is 1.60. The van der Waals surface area contributed by atoms with Crippen molar-refractivity contribution in [2.45, 2.75) is 38.2 Å². The normalized spacial score (nSPS) is 39.8. The average molecular weight is 175 g/mol. The molecule has 0 aromatic rings. The number of halogens is 2. The van der Waals surface area contributed by atoms with Crippen LogP contribution in [-0.2, 0) is 0 Å². The van der Waals surface area contributed by atoms with Crippen molar-refractivity contribution < 1.29 is 8.78 Å². The Morgan fingerprint density at radius 2 is 2.17 bits per heavy atom. The number of rotatable bonds is 3. The highest BCUT2D eigenvalue weighted by atomic mass is 19.3. The molecular formula is C9H15F2N. The van der Waals surface area contributed by atoms with E-state index in [2.05, 4.69) is 5.32 Å². The Hall–Kier alpha value is -0.180. The van der Waals surface area contributed by atoms with Gasteiger partial charge in [-0.2, -0.15) is 0 Å². The van der Waals surface area contributed by atoms with E-state index in [1.165, 1.54) is 19.3 Å². The summed E-state index contributed by atoms with van der Waals surface area (Å²) in [5, 5.41) is 2.96. The molecule has 2 aliphatic rings. The summed E-state index contributed by atoms with van der Waals surface area (Å²) in [5.41, 5.74) is 0. The predicted octanol–water partition coefficient (Wildman–Crippen LogP) is 2.03. The van der Waals surface area contributed by atoms with E-state index in [0.29, 0.717) is 6.04 Å². The Balaban J connectivity index is 1.73. The maximum atomic E-state index is 11.9. The first-order valence-electron chi connectivity index (χ1n) is 4.79. The summed E-state index contributed by atoms with van der Waals surface area (Å²) in [6.45, 7) is -0.117. The van der Waals surface area contributed by atoms with Crippen LogP contribution in [0.4, 0.5) is 8.78 Å². The smallest absolute Gasteiger partial charge is 0.250 e. The second-order valence-corrected chi connectivity index (χ2v) is 4.00. The third-order valence-electron chi connectivity index (χ3n) is 3.12. The van der Waals surface area contributed by atoms with Gasteiger partial charge >= 0.3 is 0 Å². The molecule has 12 heavy (non-hydrogen) atoms. The van der Waals surface area contributed by atoms with Crippen LogP contribution in [0.3, 0.4) is 0 Å². The number of hydrogen-bond donors (Lipinski definition) is 1. The van der Waals surface area contributed by atoms with E-state index in [-0.39, 0.29) is 6.54 Å².